The van der Waals surface area contributed by atoms with Gasteiger partial charge in [0.1, 0.15) is 0 Å². The van der Waals surface area contributed by atoms with Gasteiger partial charge >= 0.3 is 0 Å². The number of rotatable bonds is 4. The number of carbonyl (C=O) groups excluding carboxylic acids is 1. The molecule has 4 saturated carbocycles. The second-order valence-corrected chi connectivity index (χ2v) is 15.3. The van der Waals surface area contributed by atoms with Gasteiger partial charge in [0.2, 0.25) is 5.91 Å². The molecule has 0 aromatic rings. The lowest BCUT2D eigenvalue weighted by Gasteiger charge is -2.42. The highest BCUT2D eigenvalue weighted by Crippen LogP contribution is 2.61. The molecular formula is C27H42ClF2N5OS. The molecule has 4 aliphatic carbocycles. The van der Waals surface area contributed by atoms with Crippen LogP contribution in [0.2, 0.25) is 0 Å². The van der Waals surface area contributed by atoms with Crippen LogP contribution >= 0.6 is 23.4 Å². The molecule has 1 spiro atoms. The van der Waals surface area contributed by atoms with Gasteiger partial charge in [-0.15, -0.1) is 23.4 Å². The molecule has 3 heterocycles. The van der Waals surface area contributed by atoms with Crippen LogP contribution in [0.15, 0.2) is 0 Å². The molecule has 1 amide bonds. The number of halogens is 3. The van der Waals surface area contributed by atoms with Gasteiger partial charge in [-0.25, -0.2) is 19.2 Å². The molecule has 0 bridgehead atoms. The fourth-order valence-corrected chi connectivity index (χ4v) is 11.6. The fraction of sp³-hybridized carbons (Fsp3) is 0.963. The summed E-state index contributed by atoms with van der Waals surface area (Å²) in [4.78, 5) is 15.5. The number of carbonyl (C=O) groups is 1. The summed E-state index contributed by atoms with van der Waals surface area (Å²) in [5.74, 6) is -0.718. The van der Waals surface area contributed by atoms with Gasteiger partial charge in [0.05, 0.1) is 17.7 Å². The highest BCUT2D eigenvalue weighted by Gasteiger charge is 2.66. The Morgan fingerprint density at radius 2 is 1.92 bits per heavy atom. The summed E-state index contributed by atoms with van der Waals surface area (Å²) in [7, 11) is 2.17. The first kappa shape index (κ1) is 25.8. The summed E-state index contributed by atoms with van der Waals surface area (Å²) in [6, 6.07) is 0.0600. The zero-order valence-corrected chi connectivity index (χ0v) is 23.5. The summed E-state index contributed by atoms with van der Waals surface area (Å²) < 4.78 is 26.5. The molecule has 0 radical (unpaired) electrons. The minimum Gasteiger partial charge on any atom is -0.353 e. The number of fused-ring (bicyclic) bond motifs is 6. The number of nitrogens with zero attached hydrogens (tertiary/aromatic N) is 2. The molecule has 10 atom stereocenters. The molecule has 7 fully saturated rings. The van der Waals surface area contributed by atoms with E-state index >= 15 is 0 Å². The third kappa shape index (κ3) is 4.37. The van der Waals surface area contributed by atoms with E-state index in [4.69, 9.17) is 11.6 Å². The molecule has 6 nitrogen and oxygen atoms in total. The lowest BCUT2D eigenvalue weighted by molar-refractivity contribution is -0.130. The molecule has 208 valence electrons. The van der Waals surface area contributed by atoms with E-state index < -0.39 is 5.92 Å². The highest BCUT2D eigenvalue weighted by molar-refractivity contribution is 8.00. The predicted octanol–water partition coefficient (Wildman–Crippen LogP) is 4.10. The molecule has 3 aliphatic heterocycles. The number of alkyl halides is 3. The number of amides is 1. The third-order valence-electron chi connectivity index (χ3n) is 11.0. The first-order valence-corrected chi connectivity index (χ1v) is 16.0. The largest absolute Gasteiger partial charge is 0.353 e. The van der Waals surface area contributed by atoms with Crippen molar-refractivity contribution in [3.8, 4) is 0 Å². The normalized spacial score (nSPS) is 48.7. The van der Waals surface area contributed by atoms with Crippen LogP contribution in [0.25, 0.3) is 0 Å². The zero-order valence-electron chi connectivity index (χ0n) is 22.0. The summed E-state index contributed by atoms with van der Waals surface area (Å²) in [5.41, 5.74) is 3.95. The minimum absolute atomic E-state index is 0.0355. The third-order valence-corrected chi connectivity index (χ3v) is 13.3. The molecule has 10 heteroatoms. The van der Waals surface area contributed by atoms with E-state index in [2.05, 4.69) is 51.7 Å². The van der Waals surface area contributed by atoms with Gasteiger partial charge in [0.25, 0.3) is 5.92 Å². The van der Waals surface area contributed by atoms with Gasteiger partial charge < -0.3 is 10.6 Å². The Kier molecular flexibility index (Phi) is 6.38. The van der Waals surface area contributed by atoms with Gasteiger partial charge in [-0.1, -0.05) is 12.8 Å². The van der Waals surface area contributed by atoms with Gasteiger partial charge in [0.15, 0.2) is 0 Å². The average Bonchev–Trinajstić information content (AvgIpc) is 3.28. The molecule has 7 rings (SSSR count). The topological polar surface area (TPSA) is 59.6 Å². The van der Waals surface area contributed by atoms with E-state index in [9.17, 15) is 13.6 Å². The van der Waals surface area contributed by atoms with E-state index in [-0.39, 0.29) is 35.7 Å². The van der Waals surface area contributed by atoms with Crippen molar-refractivity contribution in [3.63, 3.8) is 0 Å². The quantitative estimate of drug-likeness (QED) is 0.453. The molecule has 0 aromatic heterocycles. The monoisotopic (exact) mass is 557 g/mol. The zero-order chi connectivity index (χ0) is 25.7. The minimum atomic E-state index is -2.60. The van der Waals surface area contributed by atoms with Gasteiger partial charge in [0, 0.05) is 60.5 Å². The van der Waals surface area contributed by atoms with E-state index in [1.54, 1.807) is 0 Å². The first-order chi connectivity index (χ1) is 17.6. The number of hydrogen-bond acceptors (Lipinski definition) is 6. The maximum Gasteiger partial charge on any atom is 0.252 e. The van der Waals surface area contributed by atoms with Crippen LogP contribution in [-0.2, 0) is 4.79 Å². The molecule has 37 heavy (non-hydrogen) atoms. The smallest absolute Gasteiger partial charge is 0.252 e. The van der Waals surface area contributed by atoms with E-state index in [0.717, 1.165) is 19.3 Å². The van der Waals surface area contributed by atoms with Crippen molar-refractivity contribution < 1.29 is 13.6 Å². The van der Waals surface area contributed by atoms with Crippen molar-refractivity contribution in [2.45, 2.75) is 129 Å². The SMILES string of the molecule is CC1N(C)NC2N1C1SC3C[C@@H](CC(=O)NC4CC(F)(F)C4)CC3C1C(C1CCCCC1Cl)NC21CC1. The lowest BCUT2D eigenvalue weighted by Crippen LogP contribution is -2.57. The van der Waals surface area contributed by atoms with Crippen LogP contribution in [0.4, 0.5) is 8.78 Å². The summed E-state index contributed by atoms with van der Waals surface area (Å²) >= 11 is 9.25. The van der Waals surface area contributed by atoms with Crippen molar-refractivity contribution in [1.29, 1.82) is 0 Å². The summed E-state index contributed by atoms with van der Waals surface area (Å²) in [5, 5.41) is 10.7. The predicted molar refractivity (Wildman–Crippen MR) is 142 cm³/mol. The van der Waals surface area contributed by atoms with Gasteiger partial charge in [-0.05, 0) is 63.2 Å². The van der Waals surface area contributed by atoms with Crippen molar-refractivity contribution >= 4 is 29.3 Å². The van der Waals surface area contributed by atoms with Crippen LogP contribution in [0, 0.1) is 23.7 Å². The molecule has 3 saturated heterocycles. The van der Waals surface area contributed by atoms with Gasteiger partial charge in [-0.2, -0.15) is 0 Å². The van der Waals surface area contributed by atoms with Gasteiger partial charge in [-0.3, -0.25) is 9.69 Å². The van der Waals surface area contributed by atoms with Crippen molar-refractivity contribution in [2.24, 2.45) is 23.7 Å². The number of thioether (sulfide) groups is 1. The number of hydrogen-bond donors (Lipinski definition) is 3. The first-order valence-electron chi connectivity index (χ1n) is 14.6. The highest BCUT2D eigenvalue weighted by atomic mass is 35.5. The van der Waals surface area contributed by atoms with Crippen LogP contribution in [0.1, 0.15) is 77.6 Å². The van der Waals surface area contributed by atoms with E-state index in [0.29, 0.717) is 59.1 Å². The average molecular weight is 558 g/mol. The maximum atomic E-state index is 13.2. The van der Waals surface area contributed by atoms with Crippen LogP contribution in [0.3, 0.4) is 0 Å². The Morgan fingerprint density at radius 3 is 2.62 bits per heavy atom. The second-order valence-electron chi connectivity index (χ2n) is 13.4. The van der Waals surface area contributed by atoms with Crippen molar-refractivity contribution in [3.05, 3.63) is 0 Å². The van der Waals surface area contributed by atoms with Crippen molar-refractivity contribution in [2.75, 3.05) is 7.05 Å². The van der Waals surface area contributed by atoms with Crippen LogP contribution < -0.4 is 16.1 Å². The molecule has 3 N–H and O–H groups in total. The summed E-state index contributed by atoms with van der Waals surface area (Å²) in [6.07, 6.45) is 10.1. The molecule has 0 aromatic carbocycles. The summed E-state index contributed by atoms with van der Waals surface area (Å²) in [6.45, 7) is 2.33. The molecule has 9 unspecified atom stereocenters. The Hall–Kier alpha value is -0.190. The van der Waals surface area contributed by atoms with Crippen molar-refractivity contribution in [1.82, 2.24) is 26.0 Å². The standard InChI is InChI=1S/C27H42ClF2N5OS/c1-14-34(2)33-25-26(7-8-26)32-23(17-5-3-4-6-19(17)28)22-18-9-15(10-20(18)37-24(22)35(14)25)11-21(36)31-16-12-27(29,30)13-16/h14-20,22-25,32-33H,3-13H2,1-2H3,(H,31,36)/t14?,15-,17?,18?,19?,20?,22?,23?,24?,25?/m0/s1. The lowest BCUT2D eigenvalue weighted by atomic mass is 9.73. The second kappa shape index (κ2) is 9.16. The Morgan fingerprint density at radius 1 is 1.16 bits per heavy atom. The fourth-order valence-electron chi connectivity index (χ4n) is 8.89. The number of hydrazine groups is 1. The van der Waals surface area contributed by atoms with E-state index in [1.165, 1.54) is 32.1 Å². The Balaban J connectivity index is 1.12. The number of nitrogens with one attached hydrogen (secondary N) is 3. The Labute approximate surface area is 228 Å². The molecular weight excluding hydrogens is 516 g/mol. The Bertz CT molecular complexity index is 917. The van der Waals surface area contributed by atoms with Crippen LogP contribution in [-0.4, -0.2) is 74.7 Å². The molecule has 7 aliphatic rings. The van der Waals surface area contributed by atoms with Crippen LogP contribution in [0.5, 0.6) is 0 Å². The maximum absolute atomic E-state index is 13.2. The van der Waals surface area contributed by atoms with E-state index in [1.807, 2.05) is 0 Å².